The number of carbonyl (C=O) groups is 1. The second kappa shape index (κ2) is 8.69. The summed E-state index contributed by atoms with van der Waals surface area (Å²) in [5.41, 5.74) is 3.23. The first-order valence-corrected chi connectivity index (χ1v) is 9.22. The maximum absolute atomic E-state index is 12.4. The molecule has 0 aliphatic heterocycles. The standard InChI is InChI=1S/C23H26N2O2/c1-4-18-7-5-6-8-22(18)24-23(26)16-25(2)15-17-9-10-20-14-21(27-3)12-11-19(20)13-17/h5-14H,4,15-16H2,1-3H3,(H,24,26). The van der Waals surface area contributed by atoms with Crippen molar-refractivity contribution in [3.8, 4) is 5.75 Å². The molecule has 0 radical (unpaired) electrons. The quantitative estimate of drug-likeness (QED) is 0.674. The second-order valence-corrected chi connectivity index (χ2v) is 6.78. The fraction of sp³-hybridized carbons (Fsp3) is 0.261. The lowest BCUT2D eigenvalue weighted by Gasteiger charge is -2.17. The van der Waals surface area contributed by atoms with Gasteiger partial charge in [0, 0.05) is 12.2 Å². The van der Waals surface area contributed by atoms with Crippen LogP contribution in [0.4, 0.5) is 5.69 Å². The van der Waals surface area contributed by atoms with Crippen molar-refractivity contribution in [3.05, 3.63) is 71.8 Å². The van der Waals surface area contributed by atoms with Gasteiger partial charge in [-0.15, -0.1) is 0 Å². The Hall–Kier alpha value is -2.85. The second-order valence-electron chi connectivity index (χ2n) is 6.78. The van der Waals surface area contributed by atoms with Gasteiger partial charge in [0.05, 0.1) is 13.7 Å². The lowest BCUT2D eigenvalue weighted by Crippen LogP contribution is -2.30. The molecule has 0 atom stereocenters. The molecule has 0 aliphatic rings. The number of ether oxygens (including phenoxy) is 1. The highest BCUT2D eigenvalue weighted by Gasteiger charge is 2.10. The number of nitrogens with one attached hydrogen (secondary N) is 1. The van der Waals surface area contributed by atoms with Crippen molar-refractivity contribution in [1.82, 2.24) is 4.90 Å². The molecule has 1 N–H and O–H groups in total. The maximum atomic E-state index is 12.4. The number of benzene rings is 3. The Morgan fingerprint density at radius 1 is 1.04 bits per heavy atom. The number of nitrogens with zero attached hydrogens (tertiary/aromatic N) is 1. The Morgan fingerprint density at radius 2 is 1.78 bits per heavy atom. The average Bonchev–Trinajstić information content (AvgIpc) is 2.67. The molecule has 0 fully saturated rings. The number of aryl methyl sites for hydroxylation is 1. The Labute approximate surface area is 160 Å². The van der Waals surface area contributed by atoms with Gasteiger partial charge in [0.15, 0.2) is 0 Å². The Balaban J connectivity index is 1.62. The summed E-state index contributed by atoms with van der Waals surface area (Å²) in [5.74, 6) is 0.861. The number of fused-ring (bicyclic) bond motifs is 1. The van der Waals surface area contributed by atoms with Gasteiger partial charge in [0.2, 0.25) is 5.91 Å². The number of likely N-dealkylation sites (N-methyl/N-ethyl adjacent to an activating group) is 1. The van der Waals surface area contributed by atoms with Crippen LogP contribution in [-0.2, 0) is 17.8 Å². The highest BCUT2D eigenvalue weighted by Crippen LogP contribution is 2.22. The van der Waals surface area contributed by atoms with Crippen molar-refractivity contribution < 1.29 is 9.53 Å². The molecule has 0 aromatic heterocycles. The predicted octanol–water partition coefficient (Wildman–Crippen LogP) is 4.48. The van der Waals surface area contributed by atoms with Gasteiger partial charge < -0.3 is 10.1 Å². The average molecular weight is 362 g/mol. The first kappa shape index (κ1) is 18.9. The fourth-order valence-electron chi connectivity index (χ4n) is 3.25. The number of hydrogen-bond acceptors (Lipinski definition) is 3. The van der Waals surface area contributed by atoms with Crippen LogP contribution in [0.1, 0.15) is 18.1 Å². The number of para-hydroxylation sites is 1. The largest absolute Gasteiger partial charge is 0.497 e. The van der Waals surface area contributed by atoms with E-state index in [1.165, 1.54) is 10.9 Å². The number of hydrogen-bond donors (Lipinski definition) is 1. The van der Waals surface area contributed by atoms with Crippen LogP contribution in [0.25, 0.3) is 10.8 Å². The Kier molecular flexibility index (Phi) is 6.09. The molecule has 140 valence electrons. The topological polar surface area (TPSA) is 41.6 Å². The van der Waals surface area contributed by atoms with Crippen molar-refractivity contribution in [2.75, 3.05) is 26.0 Å². The third kappa shape index (κ3) is 4.86. The number of carbonyl (C=O) groups excluding carboxylic acids is 1. The van der Waals surface area contributed by atoms with Crippen LogP contribution < -0.4 is 10.1 Å². The van der Waals surface area contributed by atoms with Gasteiger partial charge in [0.25, 0.3) is 0 Å². The van der Waals surface area contributed by atoms with Crippen LogP contribution in [0, 0.1) is 0 Å². The van der Waals surface area contributed by atoms with Crippen LogP contribution in [0.15, 0.2) is 60.7 Å². The third-order valence-electron chi connectivity index (χ3n) is 4.65. The number of rotatable bonds is 7. The van der Waals surface area contributed by atoms with Gasteiger partial charge in [-0.25, -0.2) is 0 Å². The smallest absolute Gasteiger partial charge is 0.238 e. The van der Waals surface area contributed by atoms with Crippen LogP contribution >= 0.6 is 0 Å². The number of amides is 1. The fourth-order valence-corrected chi connectivity index (χ4v) is 3.25. The van der Waals surface area contributed by atoms with Gasteiger partial charge in [-0.1, -0.05) is 43.3 Å². The minimum atomic E-state index is 0.00363. The molecule has 1 amide bonds. The molecule has 0 saturated heterocycles. The summed E-state index contributed by atoms with van der Waals surface area (Å²) >= 11 is 0. The molecule has 27 heavy (non-hydrogen) atoms. The van der Waals surface area contributed by atoms with Crippen LogP contribution in [0.3, 0.4) is 0 Å². The van der Waals surface area contributed by atoms with Gasteiger partial charge in [-0.2, -0.15) is 0 Å². The van der Waals surface area contributed by atoms with E-state index in [2.05, 4.69) is 36.5 Å². The summed E-state index contributed by atoms with van der Waals surface area (Å²) in [5, 5.41) is 5.34. The van der Waals surface area contributed by atoms with E-state index < -0.39 is 0 Å². The maximum Gasteiger partial charge on any atom is 0.238 e. The molecular formula is C23H26N2O2. The van der Waals surface area contributed by atoms with E-state index >= 15 is 0 Å². The van der Waals surface area contributed by atoms with Crippen molar-refractivity contribution in [3.63, 3.8) is 0 Å². The Bertz CT molecular complexity index is 937. The molecule has 4 heteroatoms. The van der Waals surface area contributed by atoms with E-state index in [1.54, 1.807) is 7.11 Å². The van der Waals surface area contributed by atoms with E-state index in [4.69, 9.17) is 4.74 Å². The van der Waals surface area contributed by atoms with Crippen molar-refractivity contribution >= 4 is 22.4 Å². The minimum Gasteiger partial charge on any atom is -0.497 e. The zero-order valence-electron chi connectivity index (χ0n) is 16.2. The molecule has 0 unspecified atom stereocenters. The predicted molar refractivity (Wildman–Crippen MR) is 111 cm³/mol. The van der Waals surface area contributed by atoms with Crippen molar-refractivity contribution in [1.29, 1.82) is 0 Å². The lowest BCUT2D eigenvalue weighted by molar-refractivity contribution is -0.117. The van der Waals surface area contributed by atoms with E-state index in [1.807, 2.05) is 48.3 Å². The zero-order chi connectivity index (χ0) is 19.2. The monoisotopic (exact) mass is 362 g/mol. The molecule has 0 aliphatic carbocycles. The Morgan fingerprint density at radius 3 is 2.56 bits per heavy atom. The minimum absolute atomic E-state index is 0.00363. The van der Waals surface area contributed by atoms with E-state index in [9.17, 15) is 4.79 Å². The molecule has 0 saturated carbocycles. The van der Waals surface area contributed by atoms with Gasteiger partial charge in [-0.05, 0) is 59.6 Å². The van der Waals surface area contributed by atoms with Crippen molar-refractivity contribution in [2.24, 2.45) is 0 Å². The number of methoxy groups -OCH3 is 1. The first-order chi connectivity index (χ1) is 13.1. The van der Waals surface area contributed by atoms with E-state index in [0.717, 1.165) is 28.8 Å². The van der Waals surface area contributed by atoms with Crippen LogP contribution in [0.2, 0.25) is 0 Å². The summed E-state index contributed by atoms with van der Waals surface area (Å²) in [4.78, 5) is 14.4. The molecule has 3 aromatic rings. The van der Waals surface area contributed by atoms with Crippen molar-refractivity contribution in [2.45, 2.75) is 19.9 Å². The first-order valence-electron chi connectivity index (χ1n) is 9.22. The lowest BCUT2D eigenvalue weighted by atomic mass is 10.1. The van der Waals surface area contributed by atoms with E-state index in [0.29, 0.717) is 13.1 Å². The molecule has 3 rings (SSSR count). The van der Waals surface area contributed by atoms with Gasteiger partial charge >= 0.3 is 0 Å². The van der Waals surface area contributed by atoms with Gasteiger partial charge in [0.1, 0.15) is 5.75 Å². The van der Waals surface area contributed by atoms with Gasteiger partial charge in [-0.3, -0.25) is 9.69 Å². The summed E-state index contributed by atoms with van der Waals surface area (Å²) in [6, 6.07) is 20.4. The zero-order valence-corrected chi connectivity index (χ0v) is 16.2. The molecule has 0 bridgehead atoms. The molecule has 0 heterocycles. The molecule has 4 nitrogen and oxygen atoms in total. The summed E-state index contributed by atoms with van der Waals surface area (Å²) in [7, 11) is 3.64. The molecular weight excluding hydrogens is 336 g/mol. The van der Waals surface area contributed by atoms with E-state index in [-0.39, 0.29) is 5.91 Å². The highest BCUT2D eigenvalue weighted by atomic mass is 16.5. The normalized spacial score (nSPS) is 11.0. The molecule has 0 spiro atoms. The van der Waals surface area contributed by atoms with Crippen LogP contribution in [-0.4, -0.2) is 31.5 Å². The number of anilines is 1. The molecule has 3 aromatic carbocycles. The highest BCUT2D eigenvalue weighted by molar-refractivity contribution is 5.93. The van der Waals surface area contributed by atoms with Crippen LogP contribution in [0.5, 0.6) is 5.75 Å². The SMILES string of the molecule is CCc1ccccc1NC(=O)CN(C)Cc1ccc2cc(OC)ccc2c1. The summed E-state index contributed by atoms with van der Waals surface area (Å²) in [6.07, 6.45) is 0.897. The third-order valence-corrected chi connectivity index (χ3v) is 4.65. The summed E-state index contributed by atoms with van der Waals surface area (Å²) in [6.45, 7) is 3.15. The summed E-state index contributed by atoms with van der Waals surface area (Å²) < 4.78 is 5.27.